The van der Waals surface area contributed by atoms with Gasteiger partial charge in [0.25, 0.3) is 0 Å². The first-order valence-electron chi connectivity index (χ1n) is 6.50. The lowest BCUT2D eigenvalue weighted by atomic mass is 10.1. The number of hydrogen-bond acceptors (Lipinski definition) is 2. The molecule has 1 aliphatic carbocycles. The molecule has 0 spiro atoms. The molecule has 1 aliphatic rings. The van der Waals surface area contributed by atoms with Crippen molar-refractivity contribution < 1.29 is 0 Å². The monoisotopic (exact) mass is 261 g/mol. The number of hydrazone groups is 1. The minimum absolute atomic E-state index is 0.611. The molecule has 3 nitrogen and oxygen atoms in total. The van der Waals surface area contributed by atoms with Gasteiger partial charge in [0.2, 0.25) is 0 Å². The smallest absolute Gasteiger partial charge is 0.186 e. The zero-order chi connectivity index (χ0) is 12.8. The predicted octanol–water partition coefficient (Wildman–Crippen LogP) is 2.60. The van der Waals surface area contributed by atoms with E-state index in [2.05, 4.69) is 47.0 Å². The molecule has 0 saturated heterocycles. The van der Waals surface area contributed by atoms with Gasteiger partial charge in [-0.3, -0.25) is 5.43 Å². The van der Waals surface area contributed by atoms with E-state index in [1.54, 1.807) is 0 Å². The molecule has 0 saturated carbocycles. The highest BCUT2D eigenvalue weighted by Crippen LogP contribution is 2.21. The van der Waals surface area contributed by atoms with Crippen molar-refractivity contribution in [2.45, 2.75) is 32.6 Å². The molecule has 0 fully saturated rings. The largest absolute Gasteiger partial charge is 0.361 e. The van der Waals surface area contributed by atoms with Crippen molar-refractivity contribution in [2.24, 2.45) is 5.10 Å². The van der Waals surface area contributed by atoms with Crippen LogP contribution < -0.4 is 10.7 Å². The summed E-state index contributed by atoms with van der Waals surface area (Å²) in [5.74, 6) is 0. The molecular weight excluding hydrogens is 242 g/mol. The fourth-order valence-corrected chi connectivity index (χ4v) is 2.21. The second-order valence-corrected chi connectivity index (χ2v) is 4.85. The number of unbranched alkanes of at least 4 members (excludes halogenated alkanes) is 1. The number of thiocarbonyl (C=S) groups is 1. The van der Waals surface area contributed by atoms with Crippen molar-refractivity contribution in [3.8, 4) is 0 Å². The van der Waals surface area contributed by atoms with Crippen LogP contribution in [0.25, 0.3) is 0 Å². The summed E-state index contributed by atoms with van der Waals surface area (Å²) < 4.78 is 0. The molecule has 4 heteroatoms. The first kappa shape index (κ1) is 13.0. The fraction of sp³-hybridized carbons (Fsp3) is 0.429. The second kappa shape index (κ2) is 6.50. The maximum absolute atomic E-state index is 5.17. The standard InChI is InChI=1S/C14H19N3S/c1-2-3-10-15-14(18)17-16-13-9-8-11-6-4-5-7-12(11)13/h4-7H,2-3,8-10H2,1H3,(H2,15,17,18)/b16-13-. The van der Waals surface area contributed by atoms with Crippen molar-refractivity contribution in [3.63, 3.8) is 0 Å². The highest BCUT2D eigenvalue weighted by Gasteiger charge is 2.16. The SMILES string of the molecule is CCCCNC(=S)N/N=C1/CCc2ccccc21. The summed E-state index contributed by atoms with van der Waals surface area (Å²) in [7, 11) is 0. The predicted molar refractivity (Wildman–Crippen MR) is 79.9 cm³/mol. The molecule has 96 valence electrons. The lowest BCUT2D eigenvalue weighted by Gasteiger charge is -2.07. The molecule has 1 aromatic rings. The number of rotatable bonds is 4. The first-order chi connectivity index (χ1) is 8.81. The van der Waals surface area contributed by atoms with Crippen LogP contribution in [-0.2, 0) is 6.42 Å². The van der Waals surface area contributed by atoms with Crippen molar-refractivity contribution in [1.82, 2.24) is 10.7 Å². The Hall–Kier alpha value is -1.42. The van der Waals surface area contributed by atoms with Gasteiger partial charge >= 0.3 is 0 Å². The van der Waals surface area contributed by atoms with Crippen LogP contribution in [0.1, 0.15) is 37.3 Å². The maximum atomic E-state index is 5.17. The number of aryl methyl sites for hydroxylation is 1. The van der Waals surface area contributed by atoms with E-state index in [-0.39, 0.29) is 0 Å². The van der Waals surface area contributed by atoms with E-state index in [9.17, 15) is 0 Å². The molecule has 0 aromatic heterocycles. The summed E-state index contributed by atoms with van der Waals surface area (Å²) in [4.78, 5) is 0. The number of benzene rings is 1. The number of hydrogen-bond donors (Lipinski definition) is 2. The quantitative estimate of drug-likeness (QED) is 0.497. The normalized spacial score (nSPS) is 15.5. The zero-order valence-corrected chi connectivity index (χ0v) is 11.5. The van der Waals surface area contributed by atoms with Gasteiger partial charge in [0.1, 0.15) is 0 Å². The first-order valence-corrected chi connectivity index (χ1v) is 6.90. The van der Waals surface area contributed by atoms with Crippen LogP contribution in [0.15, 0.2) is 29.4 Å². The molecule has 18 heavy (non-hydrogen) atoms. The molecule has 0 bridgehead atoms. The number of fused-ring (bicyclic) bond motifs is 1. The van der Waals surface area contributed by atoms with Crippen molar-refractivity contribution >= 4 is 23.0 Å². The summed E-state index contributed by atoms with van der Waals surface area (Å²) in [6.07, 6.45) is 4.36. The number of nitrogens with zero attached hydrogens (tertiary/aromatic N) is 1. The Morgan fingerprint density at radius 3 is 3.00 bits per heavy atom. The van der Waals surface area contributed by atoms with Crippen LogP contribution >= 0.6 is 12.2 Å². The average Bonchev–Trinajstić information content (AvgIpc) is 2.80. The van der Waals surface area contributed by atoms with Crippen molar-refractivity contribution in [2.75, 3.05) is 6.54 Å². The fourth-order valence-electron chi connectivity index (χ4n) is 2.06. The third-order valence-corrected chi connectivity index (χ3v) is 3.30. The van der Waals surface area contributed by atoms with Gasteiger partial charge in [0.05, 0.1) is 5.71 Å². The Labute approximate surface area is 114 Å². The van der Waals surface area contributed by atoms with Crippen LogP contribution in [0, 0.1) is 0 Å². The lowest BCUT2D eigenvalue weighted by Crippen LogP contribution is -2.33. The molecule has 2 rings (SSSR count). The molecule has 2 N–H and O–H groups in total. The van der Waals surface area contributed by atoms with Gasteiger partial charge < -0.3 is 5.32 Å². The molecule has 0 aliphatic heterocycles. The summed E-state index contributed by atoms with van der Waals surface area (Å²) in [6, 6.07) is 8.41. The Morgan fingerprint density at radius 1 is 1.33 bits per heavy atom. The van der Waals surface area contributed by atoms with Crippen LogP contribution in [0.3, 0.4) is 0 Å². The zero-order valence-electron chi connectivity index (χ0n) is 10.7. The van der Waals surface area contributed by atoms with Gasteiger partial charge in [0, 0.05) is 12.1 Å². The average molecular weight is 261 g/mol. The van der Waals surface area contributed by atoms with Gasteiger partial charge in [0.15, 0.2) is 5.11 Å². The summed E-state index contributed by atoms with van der Waals surface area (Å²) in [5, 5.41) is 8.16. The molecule has 0 atom stereocenters. The third kappa shape index (κ3) is 3.29. The van der Waals surface area contributed by atoms with E-state index >= 15 is 0 Å². The molecule has 0 radical (unpaired) electrons. The van der Waals surface area contributed by atoms with Crippen LogP contribution in [-0.4, -0.2) is 17.4 Å². The second-order valence-electron chi connectivity index (χ2n) is 4.44. The Bertz CT molecular complexity index is 454. The van der Waals surface area contributed by atoms with Crippen molar-refractivity contribution in [1.29, 1.82) is 0 Å². The summed E-state index contributed by atoms with van der Waals surface area (Å²) in [5.41, 5.74) is 6.66. The molecular formula is C14H19N3S. The lowest BCUT2D eigenvalue weighted by molar-refractivity contribution is 0.744. The number of nitrogens with one attached hydrogen (secondary N) is 2. The van der Waals surface area contributed by atoms with E-state index in [1.165, 1.54) is 11.1 Å². The highest BCUT2D eigenvalue weighted by molar-refractivity contribution is 7.80. The molecule has 0 unspecified atom stereocenters. The Morgan fingerprint density at radius 2 is 2.17 bits per heavy atom. The molecule has 0 heterocycles. The van der Waals surface area contributed by atoms with Crippen LogP contribution in [0.5, 0.6) is 0 Å². The van der Waals surface area contributed by atoms with Gasteiger partial charge in [-0.2, -0.15) is 5.10 Å². The van der Waals surface area contributed by atoms with Gasteiger partial charge in [-0.05, 0) is 37.0 Å². The highest BCUT2D eigenvalue weighted by atomic mass is 32.1. The summed E-state index contributed by atoms with van der Waals surface area (Å²) in [6.45, 7) is 3.07. The topological polar surface area (TPSA) is 36.4 Å². The van der Waals surface area contributed by atoms with Gasteiger partial charge in [-0.15, -0.1) is 0 Å². The van der Waals surface area contributed by atoms with E-state index < -0.39 is 0 Å². The van der Waals surface area contributed by atoms with Crippen molar-refractivity contribution in [3.05, 3.63) is 35.4 Å². The van der Waals surface area contributed by atoms with Gasteiger partial charge in [-0.1, -0.05) is 37.6 Å². The van der Waals surface area contributed by atoms with Crippen LogP contribution in [0.2, 0.25) is 0 Å². The minimum Gasteiger partial charge on any atom is -0.361 e. The Kier molecular flexibility index (Phi) is 4.70. The molecule has 0 amide bonds. The van der Waals surface area contributed by atoms with E-state index in [0.29, 0.717) is 5.11 Å². The van der Waals surface area contributed by atoms with Gasteiger partial charge in [-0.25, -0.2) is 0 Å². The maximum Gasteiger partial charge on any atom is 0.186 e. The third-order valence-electron chi connectivity index (χ3n) is 3.07. The van der Waals surface area contributed by atoms with E-state index in [4.69, 9.17) is 12.2 Å². The summed E-state index contributed by atoms with van der Waals surface area (Å²) >= 11 is 5.17. The van der Waals surface area contributed by atoms with E-state index in [1.807, 2.05) is 0 Å². The van der Waals surface area contributed by atoms with E-state index in [0.717, 1.165) is 37.9 Å². The molecule has 1 aromatic carbocycles. The minimum atomic E-state index is 0.611. The van der Waals surface area contributed by atoms with Crippen LogP contribution in [0.4, 0.5) is 0 Å². The Balaban J connectivity index is 1.89.